The van der Waals surface area contributed by atoms with E-state index in [-0.39, 0.29) is 18.0 Å². The van der Waals surface area contributed by atoms with Crippen molar-refractivity contribution in [2.24, 2.45) is 0 Å². The van der Waals surface area contributed by atoms with Crippen molar-refractivity contribution in [3.8, 4) is 5.75 Å². The minimum Gasteiger partial charge on any atom is -0.497 e. The van der Waals surface area contributed by atoms with Gasteiger partial charge in [-0.25, -0.2) is 8.42 Å². The molecule has 0 aliphatic rings. The summed E-state index contributed by atoms with van der Waals surface area (Å²) in [6.07, 6.45) is 0. The van der Waals surface area contributed by atoms with Crippen LogP contribution in [0.1, 0.15) is 5.56 Å². The zero-order valence-electron chi connectivity index (χ0n) is 16.3. The van der Waals surface area contributed by atoms with Crippen LogP contribution in [0.2, 0.25) is 5.02 Å². The second-order valence-electron chi connectivity index (χ2n) is 6.49. The summed E-state index contributed by atoms with van der Waals surface area (Å²) in [7, 11) is -2.37. The number of benzene rings is 3. The molecule has 0 spiro atoms. The quantitative estimate of drug-likeness (QED) is 0.565. The Labute approximate surface area is 181 Å². The van der Waals surface area contributed by atoms with Crippen LogP contribution in [-0.2, 0) is 21.4 Å². The van der Waals surface area contributed by atoms with Crippen molar-refractivity contribution < 1.29 is 17.9 Å². The van der Waals surface area contributed by atoms with Crippen molar-refractivity contribution in [3.63, 3.8) is 0 Å². The van der Waals surface area contributed by atoms with Crippen molar-refractivity contribution in [2.75, 3.05) is 19.0 Å². The molecule has 1 amide bonds. The molecule has 0 fully saturated rings. The summed E-state index contributed by atoms with van der Waals surface area (Å²) in [5.74, 6) is 0.206. The number of nitrogens with one attached hydrogen (secondary N) is 1. The van der Waals surface area contributed by atoms with Crippen molar-refractivity contribution >= 4 is 33.2 Å². The van der Waals surface area contributed by atoms with Gasteiger partial charge in [0.25, 0.3) is 0 Å². The number of carbonyl (C=O) groups is 1. The van der Waals surface area contributed by atoms with E-state index >= 15 is 0 Å². The minimum absolute atomic E-state index is 0.0574. The molecule has 0 bridgehead atoms. The van der Waals surface area contributed by atoms with Crippen LogP contribution in [0.15, 0.2) is 83.8 Å². The molecular weight excluding hydrogens is 424 g/mol. The monoisotopic (exact) mass is 444 g/mol. The Morgan fingerprint density at radius 3 is 2.20 bits per heavy atom. The van der Waals surface area contributed by atoms with Crippen molar-refractivity contribution in [1.82, 2.24) is 4.31 Å². The molecule has 0 radical (unpaired) electrons. The standard InChI is InChI=1S/C22H21ClN2O4S/c1-29-20-11-9-19(10-12-20)24-22(26)16-25(15-17-5-3-2-4-6-17)30(27,28)21-13-7-18(23)8-14-21/h2-14H,15-16H2,1H3,(H,24,26). The fourth-order valence-corrected chi connectivity index (χ4v) is 4.31. The molecule has 0 aromatic heterocycles. The SMILES string of the molecule is COc1ccc(NC(=O)CN(Cc2ccccc2)S(=O)(=O)c2ccc(Cl)cc2)cc1. The van der Waals surface area contributed by atoms with Gasteiger partial charge in [-0.05, 0) is 54.1 Å². The smallest absolute Gasteiger partial charge is 0.243 e. The maximum atomic E-state index is 13.2. The average Bonchev–Trinajstić information content (AvgIpc) is 2.75. The first-order valence-electron chi connectivity index (χ1n) is 9.12. The highest BCUT2D eigenvalue weighted by molar-refractivity contribution is 7.89. The van der Waals surface area contributed by atoms with Gasteiger partial charge < -0.3 is 10.1 Å². The number of nitrogens with zero attached hydrogens (tertiary/aromatic N) is 1. The highest BCUT2D eigenvalue weighted by Crippen LogP contribution is 2.21. The predicted octanol–water partition coefficient (Wildman–Crippen LogP) is 4.18. The van der Waals surface area contributed by atoms with Crippen molar-refractivity contribution in [2.45, 2.75) is 11.4 Å². The molecule has 0 unspecified atom stereocenters. The van der Waals surface area contributed by atoms with Crippen LogP contribution in [0.3, 0.4) is 0 Å². The predicted molar refractivity (Wildman–Crippen MR) is 117 cm³/mol. The Kier molecular flexibility index (Phi) is 7.10. The number of carbonyl (C=O) groups excluding carboxylic acids is 1. The molecule has 0 aliphatic heterocycles. The van der Waals surface area contributed by atoms with E-state index in [1.807, 2.05) is 30.3 Å². The molecule has 0 aliphatic carbocycles. The van der Waals surface area contributed by atoms with Gasteiger partial charge in [0.05, 0.1) is 18.6 Å². The zero-order valence-corrected chi connectivity index (χ0v) is 17.9. The molecule has 3 aromatic carbocycles. The van der Waals surface area contributed by atoms with E-state index in [1.54, 1.807) is 31.4 Å². The van der Waals surface area contributed by atoms with E-state index in [0.29, 0.717) is 16.5 Å². The Morgan fingerprint density at radius 1 is 0.967 bits per heavy atom. The number of halogens is 1. The van der Waals surface area contributed by atoms with Crippen LogP contribution in [0, 0.1) is 0 Å². The third-order valence-electron chi connectivity index (χ3n) is 4.35. The molecule has 6 nitrogen and oxygen atoms in total. The number of amides is 1. The van der Waals surface area contributed by atoms with Crippen molar-refractivity contribution in [1.29, 1.82) is 0 Å². The van der Waals surface area contributed by atoms with Gasteiger partial charge in [-0.1, -0.05) is 41.9 Å². The number of ether oxygens (including phenoxy) is 1. The molecule has 3 rings (SSSR count). The lowest BCUT2D eigenvalue weighted by molar-refractivity contribution is -0.116. The molecular formula is C22H21ClN2O4S. The highest BCUT2D eigenvalue weighted by atomic mass is 35.5. The summed E-state index contributed by atoms with van der Waals surface area (Å²) in [4.78, 5) is 12.7. The van der Waals surface area contributed by atoms with Crippen LogP contribution in [0.5, 0.6) is 5.75 Å². The maximum absolute atomic E-state index is 13.2. The number of methoxy groups -OCH3 is 1. The van der Waals surface area contributed by atoms with E-state index in [1.165, 1.54) is 24.3 Å². The third-order valence-corrected chi connectivity index (χ3v) is 6.40. The second kappa shape index (κ2) is 9.75. The topological polar surface area (TPSA) is 75.7 Å². The minimum atomic E-state index is -3.92. The first-order valence-corrected chi connectivity index (χ1v) is 10.9. The molecule has 0 atom stereocenters. The lowest BCUT2D eigenvalue weighted by Crippen LogP contribution is -2.37. The average molecular weight is 445 g/mol. The molecule has 30 heavy (non-hydrogen) atoms. The Bertz CT molecular complexity index is 1090. The zero-order chi connectivity index (χ0) is 21.6. The van der Waals surface area contributed by atoms with E-state index in [9.17, 15) is 13.2 Å². The highest BCUT2D eigenvalue weighted by Gasteiger charge is 2.27. The van der Waals surface area contributed by atoms with Gasteiger partial charge in [0.2, 0.25) is 15.9 Å². The molecule has 3 aromatic rings. The molecule has 8 heteroatoms. The van der Waals surface area contributed by atoms with Gasteiger partial charge in [0.15, 0.2) is 0 Å². The van der Waals surface area contributed by atoms with E-state index in [2.05, 4.69) is 5.32 Å². The van der Waals surface area contributed by atoms with Crippen molar-refractivity contribution in [3.05, 3.63) is 89.4 Å². The van der Waals surface area contributed by atoms with E-state index in [0.717, 1.165) is 9.87 Å². The van der Waals surface area contributed by atoms with Crippen LogP contribution in [0.25, 0.3) is 0 Å². The van der Waals surface area contributed by atoms with Gasteiger partial charge in [-0.15, -0.1) is 0 Å². The van der Waals surface area contributed by atoms with Crippen LogP contribution in [0.4, 0.5) is 5.69 Å². The lowest BCUT2D eigenvalue weighted by Gasteiger charge is -2.22. The summed E-state index contributed by atoms with van der Waals surface area (Å²) < 4.78 is 32.7. The molecule has 0 saturated heterocycles. The van der Waals surface area contributed by atoms with Gasteiger partial charge in [0.1, 0.15) is 5.75 Å². The molecule has 0 saturated carbocycles. The van der Waals surface area contributed by atoms with Crippen LogP contribution < -0.4 is 10.1 Å². The second-order valence-corrected chi connectivity index (χ2v) is 8.86. The van der Waals surface area contributed by atoms with E-state index in [4.69, 9.17) is 16.3 Å². The van der Waals surface area contributed by atoms with Gasteiger partial charge in [-0.2, -0.15) is 4.31 Å². The fraction of sp³-hybridized carbons (Fsp3) is 0.136. The molecule has 0 heterocycles. The van der Waals surface area contributed by atoms with Gasteiger partial charge in [-0.3, -0.25) is 4.79 Å². The Hall–Kier alpha value is -2.87. The Balaban J connectivity index is 1.83. The largest absolute Gasteiger partial charge is 0.497 e. The summed E-state index contributed by atoms with van der Waals surface area (Å²) in [6, 6.07) is 21.8. The number of hydrogen-bond donors (Lipinski definition) is 1. The van der Waals surface area contributed by atoms with Gasteiger partial charge in [0, 0.05) is 17.3 Å². The third kappa shape index (κ3) is 5.60. The van der Waals surface area contributed by atoms with Crippen LogP contribution >= 0.6 is 11.6 Å². The summed E-state index contributed by atoms with van der Waals surface area (Å²) in [5, 5.41) is 3.15. The number of sulfonamides is 1. The number of rotatable bonds is 8. The molecule has 1 N–H and O–H groups in total. The van der Waals surface area contributed by atoms with Crippen LogP contribution in [-0.4, -0.2) is 32.3 Å². The normalized spacial score (nSPS) is 11.3. The fourth-order valence-electron chi connectivity index (χ4n) is 2.80. The molecule has 156 valence electrons. The summed E-state index contributed by atoms with van der Waals surface area (Å²) in [6.45, 7) is -0.284. The van der Waals surface area contributed by atoms with E-state index < -0.39 is 15.9 Å². The number of anilines is 1. The first kappa shape index (κ1) is 21.8. The summed E-state index contributed by atoms with van der Waals surface area (Å²) >= 11 is 5.89. The summed E-state index contributed by atoms with van der Waals surface area (Å²) in [5.41, 5.74) is 1.32. The lowest BCUT2D eigenvalue weighted by atomic mass is 10.2. The van der Waals surface area contributed by atoms with Gasteiger partial charge >= 0.3 is 0 Å². The maximum Gasteiger partial charge on any atom is 0.243 e. The Morgan fingerprint density at radius 2 is 1.60 bits per heavy atom. The number of hydrogen-bond acceptors (Lipinski definition) is 4. The first-order chi connectivity index (χ1) is 14.4.